The van der Waals surface area contributed by atoms with E-state index in [-0.39, 0.29) is 72.4 Å². The van der Waals surface area contributed by atoms with Gasteiger partial charge in [0.2, 0.25) is 11.8 Å². The lowest BCUT2D eigenvalue weighted by atomic mass is 9.83. The van der Waals surface area contributed by atoms with Gasteiger partial charge in [0, 0.05) is 57.6 Å². The Hall–Kier alpha value is -2.77. The van der Waals surface area contributed by atoms with Gasteiger partial charge in [0.1, 0.15) is 5.01 Å². The molecule has 1 aromatic carbocycles. The molecule has 53 heavy (non-hydrogen) atoms. The predicted molar refractivity (Wildman–Crippen MR) is 218 cm³/mol. The lowest BCUT2D eigenvalue weighted by molar-refractivity contribution is -0.148. The van der Waals surface area contributed by atoms with Crippen molar-refractivity contribution in [2.24, 2.45) is 23.7 Å². The molecule has 296 valence electrons. The van der Waals surface area contributed by atoms with Gasteiger partial charge >= 0.3 is 0 Å². The van der Waals surface area contributed by atoms with Crippen molar-refractivity contribution < 1.29 is 23.9 Å². The van der Waals surface area contributed by atoms with Gasteiger partial charge < -0.3 is 29.9 Å². The van der Waals surface area contributed by atoms with Crippen LogP contribution in [0.5, 0.6) is 0 Å². The maximum absolute atomic E-state index is 14.3. The monoisotopic (exact) mass is 771 g/mol. The SMILES string of the molecule is CCC(C)C(C(CC(=O)N1CCCC1C(OC)C(C)C(=S)NC(Cc1ccccc1)c1nccs1)OC)N(C)C(=O)C(CC(=O)C(C)(C)NC)C(C)C. The van der Waals surface area contributed by atoms with Crippen LogP contribution in [0.3, 0.4) is 0 Å². The number of ether oxygens (including phenoxy) is 2. The Labute approximate surface area is 328 Å². The molecule has 8 unspecified atom stereocenters. The number of carbonyl (C=O) groups excluding carboxylic acids is 3. The number of hydrogen-bond acceptors (Lipinski definition) is 9. The number of nitrogens with zero attached hydrogens (tertiary/aromatic N) is 3. The molecular formula is C41H65N5O5S2. The fourth-order valence-electron chi connectivity index (χ4n) is 7.53. The average Bonchev–Trinajstić information content (AvgIpc) is 3.87. The molecule has 10 nitrogen and oxygen atoms in total. The molecule has 2 heterocycles. The second-order valence-electron chi connectivity index (χ2n) is 15.6. The van der Waals surface area contributed by atoms with Crippen molar-refractivity contribution in [1.29, 1.82) is 0 Å². The molecule has 1 aliphatic heterocycles. The molecule has 0 radical (unpaired) electrons. The molecule has 2 aromatic rings. The fourth-order valence-corrected chi connectivity index (χ4v) is 8.50. The summed E-state index contributed by atoms with van der Waals surface area (Å²) in [6.07, 6.45) is 4.40. The van der Waals surface area contributed by atoms with E-state index >= 15 is 0 Å². The molecular weight excluding hydrogens is 707 g/mol. The van der Waals surface area contributed by atoms with Crippen LogP contribution in [0.15, 0.2) is 41.9 Å². The highest BCUT2D eigenvalue weighted by Gasteiger charge is 2.43. The summed E-state index contributed by atoms with van der Waals surface area (Å²) in [4.78, 5) is 50.7. The van der Waals surface area contributed by atoms with Gasteiger partial charge in [0.05, 0.1) is 47.3 Å². The zero-order valence-electron chi connectivity index (χ0n) is 33.9. The Morgan fingerprint density at radius 2 is 1.77 bits per heavy atom. The summed E-state index contributed by atoms with van der Waals surface area (Å²) in [5, 5.41) is 9.62. The normalized spacial score (nSPS) is 18.9. The summed E-state index contributed by atoms with van der Waals surface area (Å²) in [5.41, 5.74) is 0.450. The van der Waals surface area contributed by atoms with Crippen molar-refractivity contribution in [1.82, 2.24) is 25.4 Å². The number of nitrogens with one attached hydrogen (secondary N) is 2. The number of likely N-dealkylation sites (N-methyl/N-ethyl adjacent to an activating group) is 2. The van der Waals surface area contributed by atoms with Crippen LogP contribution in [0, 0.1) is 23.7 Å². The van der Waals surface area contributed by atoms with Crippen molar-refractivity contribution in [3.05, 3.63) is 52.5 Å². The number of amides is 2. The topological polar surface area (TPSA) is 113 Å². The molecule has 2 amide bonds. The Kier molecular flexibility index (Phi) is 17.5. The van der Waals surface area contributed by atoms with Crippen LogP contribution in [0.4, 0.5) is 0 Å². The van der Waals surface area contributed by atoms with E-state index in [0.717, 1.165) is 30.7 Å². The summed E-state index contributed by atoms with van der Waals surface area (Å²) in [5.74, 6) is -0.807. The first-order valence-electron chi connectivity index (χ1n) is 19.2. The second-order valence-corrected chi connectivity index (χ2v) is 16.9. The van der Waals surface area contributed by atoms with E-state index in [4.69, 9.17) is 21.7 Å². The third-order valence-electron chi connectivity index (χ3n) is 11.5. The van der Waals surface area contributed by atoms with Crippen LogP contribution in [-0.2, 0) is 30.3 Å². The molecule has 12 heteroatoms. The first kappa shape index (κ1) is 44.6. The summed E-state index contributed by atoms with van der Waals surface area (Å²) < 4.78 is 12.2. The molecule has 1 saturated heterocycles. The third-order valence-corrected chi connectivity index (χ3v) is 12.8. The molecule has 0 aliphatic carbocycles. The molecule has 1 fully saturated rings. The summed E-state index contributed by atoms with van der Waals surface area (Å²) >= 11 is 7.64. The van der Waals surface area contributed by atoms with E-state index in [2.05, 4.69) is 48.5 Å². The minimum atomic E-state index is -0.738. The molecule has 0 spiro atoms. The molecule has 2 N–H and O–H groups in total. The number of carbonyl (C=O) groups is 3. The molecule has 1 aliphatic rings. The largest absolute Gasteiger partial charge is 0.379 e. The van der Waals surface area contributed by atoms with Crippen LogP contribution < -0.4 is 10.6 Å². The number of ketones is 1. The summed E-state index contributed by atoms with van der Waals surface area (Å²) in [6, 6.07) is 9.68. The predicted octanol–water partition coefficient (Wildman–Crippen LogP) is 6.49. The summed E-state index contributed by atoms with van der Waals surface area (Å²) in [6.45, 7) is 14.5. The second kappa shape index (κ2) is 20.8. The van der Waals surface area contributed by atoms with Crippen molar-refractivity contribution in [2.45, 2.75) is 123 Å². The Balaban J connectivity index is 1.78. The molecule has 3 rings (SSSR count). The van der Waals surface area contributed by atoms with Gasteiger partial charge in [-0.25, -0.2) is 4.98 Å². The first-order valence-corrected chi connectivity index (χ1v) is 20.5. The van der Waals surface area contributed by atoms with Crippen molar-refractivity contribution in [2.75, 3.05) is 34.9 Å². The third kappa shape index (κ3) is 11.6. The smallest absolute Gasteiger partial charge is 0.226 e. The van der Waals surface area contributed by atoms with Crippen molar-refractivity contribution in [3.8, 4) is 0 Å². The molecule has 0 saturated carbocycles. The number of likely N-dealkylation sites (tertiary alicyclic amines) is 1. The number of benzene rings is 1. The van der Waals surface area contributed by atoms with E-state index < -0.39 is 17.6 Å². The number of methoxy groups -OCH3 is 2. The van der Waals surface area contributed by atoms with E-state index in [1.807, 2.05) is 62.4 Å². The van der Waals surface area contributed by atoms with Crippen LogP contribution >= 0.6 is 23.6 Å². The van der Waals surface area contributed by atoms with Gasteiger partial charge in [-0.3, -0.25) is 14.4 Å². The first-order chi connectivity index (χ1) is 25.1. The number of thiazole rings is 1. The highest BCUT2D eigenvalue weighted by Crippen LogP contribution is 2.32. The number of hydrogen-bond donors (Lipinski definition) is 2. The van der Waals surface area contributed by atoms with Crippen LogP contribution in [0.1, 0.15) is 97.2 Å². The lowest BCUT2D eigenvalue weighted by Gasteiger charge is -2.41. The van der Waals surface area contributed by atoms with Gasteiger partial charge in [0.25, 0.3) is 0 Å². The minimum Gasteiger partial charge on any atom is -0.379 e. The van der Waals surface area contributed by atoms with Crippen LogP contribution in [0.25, 0.3) is 0 Å². The Morgan fingerprint density at radius 1 is 1.09 bits per heavy atom. The highest BCUT2D eigenvalue weighted by atomic mass is 32.1. The van der Waals surface area contributed by atoms with E-state index in [1.165, 1.54) is 5.56 Å². The Bertz CT molecular complexity index is 1460. The van der Waals surface area contributed by atoms with Crippen LogP contribution in [0.2, 0.25) is 0 Å². The van der Waals surface area contributed by atoms with Crippen LogP contribution in [-0.4, -0.2) is 102 Å². The quantitative estimate of drug-likeness (QED) is 0.138. The zero-order valence-corrected chi connectivity index (χ0v) is 35.5. The maximum Gasteiger partial charge on any atom is 0.226 e. The standard InChI is InChI=1S/C41H65N5O5S2/c1-12-27(4)36(45(9)40(49)30(26(2)3)24-34(47)41(6,7)42-8)33(50-10)25-35(48)46-21-16-19-32(46)37(51-11)28(5)38(52)44-31(39-43-20-22-53-39)23-29-17-14-13-15-18-29/h13-15,17-18,20,22,26-28,30-33,36-37,42H,12,16,19,21,23-25H2,1-11H3,(H,44,52). The average molecular weight is 772 g/mol. The minimum absolute atomic E-state index is 0.00871. The number of rotatable bonds is 21. The van der Waals surface area contributed by atoms with Gasteiger partial charge in [0.15, 0.2) is 5.78 Å². The van der Waals surface area contributed by atoms with Gasteiger partial charge in [-0.05, 0) is 57.6 Å². The maximum atomic E-state index is 14.3. The Morgan fingerprint density at radius 3 is 2.32 bits per heavy atom. The molecule has 0 bridgehead atoms. The molecule has 8 atom stereocenters. The van der Waals surface area contributed by atoms with Gasteiger partial charge in [-0.1, -0.05) is 83.6 Å². The fraction of sp³-hybridized carbons (Fsp3) is 0.683. The van der Waals surface area contributed by atoms with Gasteiger partial charge in [-0.15, -0.1) is 11.3 Å². The summed E-state index contributed by atoms with van der Waals surface area (Å²) in [7, 11) is 6.86. The highest BCUT2D eigenvalue weighted by molar-refractivity contribution is 7.80. The molecule has 1 aromatic heterocycles. The number of Topliss-reactive ketones (excluding diaryl/α,β-unsaturated/α-hetero) is 1. The number of aromatic nitrogens is 1. The van der Waals surface area contributed by atoms with E-state index in [1.54, 1.807) is 44.6 Å². The van der Waals surface area contributed by atoms with E-state index in [0.29, 0.717) is 11.5 Å². The van der Waals surface area contributed by atoms with Gasteiger partial charge in [-0.2, -0.15) is 0 Å². The lowest BCUT2D eigenvalue weighted by Crippen LogP contribution is -2.54. The van der Waals surface area contributed by atoms with E-state index in [9.17, 15) is 14.4 Å². The van der Waals surface area contributed by atoms with Crippen molar-refractivity contribution >= 4 is 46.1 Å². The number of thiocarbonyl (C=S) groups is 1. The zero-order chi connectivity index (χ0) is 39.5. The van der Waals surface area contributed by atoms with Crippen molar-refractivity contribution in [3.63, 3.8) is 0 Å².